The summed E-state index contributed by atoms with van der Waals surface area (Å²) < 4.78 is 19.0. The van der Waals surface area contributed by atoms with Gasteiger partial charge in [0.15, 0.2) is 0 Å². The minimum atomic E-state index is -0.200. The molecule has 2 atom stereocenters. The Bertz CT molecular complexity index is 425. The Morgan fingerprint density at radius 1 is 1.42 bits per heavy atom. The molecule has 0 aliphatic heterocycles. The minimum Gasteiger partial charge on any atom is -0.497 e. The molecule has 1 aliphatic carbocycles. The van der Waals surface area contributed by atoms with Crippen LogP contribution in [-0.2, 0) is 6.54 Å². The molecule has 0 bridgehead atoms. The first kappa shape index (κ1) is 14.3. The van der Waals surface area contributed by atoms with Crippen LogP contribution in [0.1, 0.15) is 24.8 Å². The lowest BCUT2D eigenvalue weighted by Crippen LogP contribution is -2.37. The summed E-state index contributed by atoms with van der Waals surface area (Å²) in [6, 6.07) is 5.53. The second kappa shape index (κ2) is 6.35. The SMILES string of the molecule is COc1ccc(CN(C)C2CCCC2CN)c(F)c1. The molecule has 1 aromatic carbocycles. The van der Waals surface area contributed by atoms with Crippen LogP contribution < -0.4 is 10.5 Å². The van der Waals surface area contributed by atoms with Crippen LogP contribution in [0.2, 0.25) is 0 Å². The molecule has 0 heterocycles. The van der Waals surface area contributed by atoms with Crippen molar-refractivity contribution in [2.45, 2.75) is 31.8 Å². The first-order valence-corrected chi connectivity index (χ1v) is 6.88. The van der Waals surface area contributed by atoms with Gasteiger partial charge in [-0.05, 0) is 38.4 Å². The van der Waals surface area contributed by atoms with Crippen molar-refractivity contribution in [2.75, 3.05) is 20.7 Å². The number of hydrogen-bond donors (Lipinski definition) is 1. The molecular weight excluding hydrogens is 243 g/mol. The molecule has 1 aromatic rings. The van der Waals surface area contributed by atoms with E-state index in [9.17, 15) is 4.39 Å². The highest BCUT2D eigenvalue weighted by Crippen LogP contribution is 2.29. The molecule has 2 rings (SSSR count). The van der Waals surface area contributed by atoms with E-state index in [0.717, 1.165) is 13.0 Å². The number of benzene rings is 1. The third kappa shape index (κ3) is 3.25. The quantitative estimate of drug-likeness (QED) is 0.889. The highest BCUT2D eigenvalue weighted by atomic mass is 19.1. The van der Waals surface area contributed by atoms with Crippen molar-refractivity contribution in [3.63, 3.8) is 0 Å². The molecule has 0 saturated heterocycles. The number of nitrogens with zero attached hydrogens (tertiary/aromatic N) is 1. The second-order valence-electron chi connectivity index (χ2n) is 5.37. The van der Waals surface area contributed by atoms with Crippen molar-refractivity contribution >= 4 is 0 Å². The maximum absolute atomic E-state index is 13.9. The fourth-order valence-corrected chi connectivity index (χ4v) is 3.04. The van der Waals surface area contributed by atoms with Crippen LogP contribution in [0.5, 0.6) is 5.75 Å². The van der Waals surface area contributed by atoms with Gasteiger partial charge < -0.3 is 10.5 Å². The van der Waals surface area contributed by atoms with E-state index in [1.165, 1.54) is 18.9 Å². The van der Waals surface area contributed by atoms with Gasteiger partial charge in [0.25, 0.3) is 0 Å². The normalized spacial score (nSPS) is 23.0. The topological polar surface area (TPSA) is 38.5 Å². The molecule has 0 radical (unpaired) electrons. The summed E-state index contributed by atoms with van der Waals surface area (Å²) in [6.45, 7) is 1.34. The lowest BCUT2D eigenvalue weighted by molar-refractivity contribution is 0.190. The first-order chi connectivity index (χ1) is 9.15. The van der Waals surface area contributed by atoms with E-state index in [2.05, 4.69) is 11.9 Å². The molecule has 106 valence electrons. The van der Waals surface area contributed by atoms with Gasteiger partial charge in [-0.1, -0.05) is 12.5 Å². The molecule has 0 amide bonds. The predicted molar refractivity (Wildman–Crippen MR) is 74.6 cm³/mol. The van der Waals surface area contributed by atoms with Crippen molar-refractivity contribution in [2.24, 2.45) is 11.7 Å². The summed E-state index contributed by atoms with van der Waals surface area (Å²) in [5, 5.41) is 0. The van der Waals surface area contributed by atoms with Crippen LogP contribution in [0, 0.1) is 11.7 Å². The molecule has 0 spiro atoms. The monoisotopic (exact) mass is 266 g/mol. The summed E-state index contributed by atoms with van der Waals surface area (Å²) in [6.07, 6.45) is 3.58. The zero-order valence-corrected chi connectivity index (χ0v) is 11.7. The highest BCUT2D eigenvalue weighted by molar-refractivity contribution is 5.28. The molecule has 1 fully saturated rings. The van der Waals surface area contributed by atoms with Gasteiger partial charge in [-0.3, -0.25) is 4.90 Å². The summed E-state index contributed by atoms with van der Waals surface area (Å²) in [5.41, 5.74) is 6.52. The number of nitrogens with two attached hydrogens (primary N) is 1. The lowest BCUT2D eigenvalue weighted by atomic mass is 10.0. The van der Waals surface area contributed by atoms with E-state index in [-0.39, 0.29) is 5.82 Å². The fraction of sp³-hybridized carbons (Fsp3) is 0.600. The van der Waals surface area contributed by atoms with Gasteiger partial charge in [0, 0.05) is 24.2 Å². The summed E-state index contributed by atoms with van der Waals surface area (Å²) in [7, 11) is 3.60. The van der Waals surface area contributed by atoms with E-state index >= 15 is 0 Å². The van der Waals surface area contributed by atoms with E-state index in [1.807, 2.05) is 0 Å². The van der Waals surface area contributed by atoms with Crippen LogP contribution in [-0.4, -0.2) is 31.6 Å². The molecule has 4 heteroatoms. The molecular formula is C15H23FN2O. The lowest BCUT2D eigenvalue weighted by Gasteiger charge is -2.29. The maximum Gasteiger partial charge on any atom is 0.131 e. The van der Waals surface area contributed by atoms with Crippen LogP contribution in [0.3, 0.4) is 0 Å². The number of rotatable bonds is 5. The first-order valence-electron chi connectivity index (χ1n) is 6.88. The zero-order chi connectivity index (χ0) is 13.8. The van der Waals surface area contributed by atoms with Gasteiger partial charge in [-0.25, -0.2) is 4.39 Å². The Morgan fingerprint density at radius 2 is 2.21 bits per heavy atom. The van der Waals surface area contributed by atoms with Crippen LogP contribution >= 0.6 is 0 Å². The average molecular weight is 266 g/mol. The molecule has 2 N–H and O–H groups in total. The third-order valence-corrected chi connectivity index (χ3v) is 4.17. The zero-order valence-electron chi connectivity index (χ0n) is 11.7. The molecule has 2 unspecified atom stereocenters. The number of hydrogen-bond acceptors (Lipinski definition) is 3. The van der Waals surface area contributed by atoms with Crippen molar-refractivity contribution in [3.8, 4) is 5.75 Å². The van der Waals surface area contributed by atoms with Gasteiger partial charge in [0.05, 0.1) is 7.11 Å². The van der Waals surface area contributed by atoms with Gasteiger partial charge in [-0.2, -0.15) is 0 Å². The Labute approximate surface area is 114 Å². The van der Waals surface area contributed by atoms with Crippen molar-refractivity contribution in [1.29, 1.82) is 0 Å². The van der Waals surface area contributed by atoms with Gasteiger partial charge in [-0.15, -0.1) is 0 Å². The summed E-state index contributed by atoms with van der Waals surface area (Å²) >= 11 is 0. The molecule has 1 saturated carbocycles. The molecule has 0 aromatic heterocycles. The minimum absolute atomic E-state index is 0.200. The van der Waals surface area contributed by atoms with Crippen molar-refractivity contribution in [1.82, 2.24) is 4.90 Å². The highest BCUT2D eigenvalue weighted by Gasteiger charge is 2.29. The Hall–Kier alpha value is -1.13. The third-order valence-electron chi connectivity index (χ3n) is 4.17. The summed E-state index contributed by atoms with van der Waals surface area (Å²) in [5.74, 6) is 0.907. The summed E-state index contributed by atoms with van der Waals surface area (Å²) in [4.78, 5) is 2.23. The smallest absolute Gasteiger partial charge is 0.131 e. The van der Waals surface area contributed by atoms with Gasteiger partial charge in [0.2, 0.25) is 0 Å². The Balaban J connectivity index is 2.04. The van der Waals surface area contributed by atoms with E-state index in [4.69, 9.17) is 10.5 Å². The van der Waals surface area contributed by atoms with E-state index in [1.54, 1.807) is 19.2 Å². The van der Waals surface area contributed by atoms with E-state index < -0.39 is 0 Å². The predicted octanol–water partition coefficient (Wildman–Crippen LogP) is 2.39. The Kier molecular flexibility index (Phi) is 4.77. The molecule has 19 heavy (non-hydrogen) atoms. The van der Waals surface area contributed by atoms with Crippen molar-refractivity contribution < 1.29 is 9.13 Å². The fourth-order valence-electron chi connectivity index (χ4n) is 3.04. The second-order valence-corrected chi connectivity index (χ2v) is 5.37. The van der Waals surface area contributed by atoms with Gasteiger partial charge in [0.1, 0.15) is 11.6 Å². The average Bonchev–Trinajstić information content (AvgIpc) is 2.89. The standard InChI is InChI=1S/C15H23FN2O/c1-18(15-5-3-4-11(15)9-17)10-12-6-7-13(19-2)8-14(12)16/h6-8,11,15H,3-5,9-10,17H2,1-2H3. The van der Waals surface area contributed by atoms with E-state index in [0.29, 0.717) is 29.8 Å². The molecule has 3 nitrogen and oxygen atoms in total. The van der Waals surface area contributed by atoms with Crippen LogP contribution in [0.4, 0.5) is 4.39 Å². The van der Waals surface area contributed by atoms with Crippen LogP contribution in [0.25, 0.3) is 0 Å². The Morgan fingerprint density at radius 3 is 2.84 bits per heavy atom. The van der Waals surface area contributed by atoms with Crippen molar-refractivity contribution in [3.05, 3.63) is 29.6 Å². The maximum atomic E-state index is 13.9. The van der Waals surface area contributed by atoms with Crippen LogP contribution in [0.15, 0.2) is 18.2 Å². The number of halogens is 1. The number of methoxy groups -OCH3 is 1. The van der Waals surface area contributed by atoms with Gasteiger partial charge >= 0.3 is 0 Å². The molecule has 1 aliphatic rings. The largest absolute Gasteiger partial charge is 0.497 e. The number of ether oxygens (including phenoxy) is 1.